The molecule has 2 aromatic heterocycles. The fraction of sp³-hybridized carbons (Fsp3) is 0. The van der Waals surface area contributed by atoms with E-state index in [1.165, 1.54) is 0 Å². The molecule has 8 nitrogen and oxygen atoms in total. The van der Waals surface area contributed by atoms with Gasteiger partial charge < -0.3 is 38.2 Å². The van der Waals surface area contributed by atoms with Gasteiger partial charge in [-0.1, -0.05) is 109 Å². The smallest absolute Gasteiger partial charge is 0.256 e. The molecule has 5 aliphatic heterocycles. The molecule has 0 spiro atoms. The van der Waals surface area contributed by atoms with Crippen LogP contribution in [0, 0.1) is 0 Å². The maximum absolute atomic E-state index is 11.7. The summed E-state index contributed by atoms with van der Waals surface area (Å²) >= 11 is 0. The lowest BCUT2D eigenvalue weighted by molar-refractivity contribution is 0.457. The zero-order chi connectivity index (χ0) is 41.7. The number of phenols is 2. The highest BCUT2D eigenvalue weighted by molar-refractivity contribution is 7.04. The zero-order valence-corrected chi connectivity index (χ0v) is 33.5. The van der Waals surface area contributed by atoms with Gasteiger partial charge in [0.1, 0.15) is 45.7 Å². The summed E-state index contributed by atoms with van der Waals surface area (Å²) in [7, 11) is 0. The summed E-state index contributed by atoms with van der Waals surface area (Å²) in [6.07, 6.45) is 0. The van der Waals surface area contributed by atoms with Gasteiger partial charge >= 0.3 is 0 Å². The van der Waals surface area contributed by atoms with Crippen molar-refractivity contribution in [3.63, 3.8) is 0 Å². The van der Waals surface area contributed by atoms with Gasteiger partial charge in [0.15, 0.2) is 22.7 Å². The second-order valence-electron chi connectivity index (χ2n) is 17.3. The fourth-order valence-electron chi connectivity index (χ4n) is 11.6. The molecule has 10 heteroatoms. The number of nitrogens with zero attached hydrogens (tertiary/aromatic N) is 1. The number of ether oxygens (including phenoxy) is 3. The van der Waals surface area contributed by atoms with E-state index in [1.54, 1.807) is 12.1 Å². The normalized spacial score (nSPS) is 14.0. The number of hydrogen-bond donors (Lipinski definition) is 2. The van der Waals surface area contributed by atoms with E-state index in [-0.39, 0.29) is 11.5 Å². The van der Waals surface area contributed by atoms with Crippen molar-refractivity contribution < 1.29 is 33.3 Å². The monoisotopic (exact) mass is 823 g/mol. The molecule has 296 valence electrons. The van der Waals surface area contributed by atoms with Crippen LogP contribution in [0.3, 0.4) is 0 Å². The Labute approximate surface area is 363 Å². The van der Waals surface area contributed by atoms with Crippen LogP contribution in [-0.2, 0) is 0 Å². The third-order valence-electron chi connectivity index (χ3n) is 14.1. The summed E-state index contributed by atoms with van der Waals surface area (Å²) in [5.74, 6) is 4.06. The highest BCUT2D eigenvalue weighted by Crippen LogP contribution is 2.59. The first kappa shape index (κ1) is 33.2. The number of aromatic hydroxyl groups is 2. The third-order valence-corrected chi connectivity index (χ3v) is 14.1. The summed E-state index contributed by atoms with van der Waals surface area (Å²) < 4.78 is 35.5. The molecule has 0 saturated heterocycles. The molecule has 0 bridgehead atoms. The molecule has 64 heavy (non-hydrogen) atoms. The van der Waals surface area contributed by atoms with Crippen LogP contribution in [0.15, 0.2) is 160 Å². The summed E-state index contributed by atoms with van der Waals surface area (Å²) in [4.78, 5) is 2.33. The third kappa shape index (κ3) is 3.94. The topological polar surface area (TPSA) is 97.7 Å². The van der Waals surface area contributed by atoms with Crippen LogP contribution in [0.1, 0.15) is 0 Å². The van der Waals surface area contributed by atoms with Gasteiger partial charge in [-0.3, -0.25) is 0 Å². The van der Waals surface area contributed by atoms with Gasteiger partial charge in [0.2, 0.25) is 0 Å². The van der Waals surface area contributed by atoms with Crippen molar-refractivity contribution in [2.45, 2.75) is 0 Å². The zero-order valence-electron chi connectivity index (χ0n) is 33.5. The van der Waals surface area contributed by atoms with Gasteiger partial charge in [0.25, 0.3) is 13.4 Å². The Balaban J connectivity index is 1.10. The van der Waals surface area contributed by atoms with Crippen LogP contribution in [0.25, 0.3) is 66.1 Å². The lowest BCUT2D eigenvalue weighted by atomic mass is 9.29. The molecule has 0 atom stereocenters. The molecule has 0 radical (unpaired) electrons. The molecular weight excluding hydrogens is 796 g/mol. The summed E-state index contributed by atoms with van der Waals surface area (Å²) in [5, 5.41) is 27.1. The molecule has 2 N–H and O–H groups in total. The van der Waals surface area contributed by atoms with E-state index in [1.807, 2.05) is 109 Å². The molecular formula is C54H27B2NO7. The summed E-state index contributed by atoms with van der Waals surface area (Å²) in [6.45, 7) is -0.825. The van der Waals surface area contributed by atoms with Crippen molar-refractivity contribution in [2.24, 2.45) is 0 Å². The highest BCUT2D eigenvalue weighted by Gasteiger charge is 2.55. The molecule has 5 aliphatic rings. The average Bonchev–Trinajstić information content (AvgIpc) is 3.90. The maximum atomic E-state index is 11.7. The molecule has 0 fully saturated rings. The quantitative estimate of drug-likeness (QED) is 0.167. The number of rotatable bonds is 2. The first-order valence-electron chi connectivity index (χ1n) is 21.4. The largest absolute Gasteiger partial charge is 0.508 e. The molecule has 0 aliphatic carbocycles. The first-order chi connectivity index (χ1) is 31.6. The van der Waals surface area contributed by atoms with E-state index < -0.39 is 13.4 Å². The molecule has 0 unspecified atom stereocenters. The Kier molecular flexibility index (Phi) is 5.86. The minimum atomic E-state index is -0.413. The molecule has 0 saturated carbocycles. The van der Waals surface area contributed by atoms with Gasteiger partial charge in [-0.15, -0.1) is 0 Å². The Bertz CT molecular complexity index is 3740. The van der Waals surface area contributed by atoms with Crippen molar-refractivity contribution >= 4 is 107 Å². The van der Waals surface area contributed by atoms with E-state index in [9.17, 15) is 10.2 Å². The lowest BCUT2D eigenvalue weighted by Crippen LogP contribution is -2.67. The van der Waals surface area contributed by atoms with Gasteiger partial charge in [-0.2, -0.15) is 0 Å². The van der Waals surface area contributed by atoms with Gasteiger partial charge in [0, 0.05) is 44.4 Å². The van der Waals surface area contributed by atoms with E-state index in [2.05, 4.69) is 35.2 Å². The minimum Gasteiger partial charge on any atom is -0.508 e. The molecule has 7 heterocycles. The van der Waals surface area contributed by atoms with Crippen LogP contribution < -0.4 is 51.9 Å². The van der Waals surface area contributed by atoms with Crippen molar-refractivity contribution in [3.05, 3.63) is 152 Å². The van der Waals surface area contributed by atoms with E-state index >= 15 is 0 Å². The van der Waals surface area contributed by atoms with Gasteiger partial charge in [-0.25, -0.2) is 0 Å². The fourth-order valence-corrected chi connectivity index (χ4v) is 11.6. The van der Waals surface area contributed by atoms with Crippen LogP contribution >= 0.6 is 0 Å². The van der Waals surface area contributed by atoms with Crippen molar-refractivity contribution in [1.82, 2.24) is 0 Å². The number of benzene rings is 9. The van der Waals surface area contributed by atoms with Gasteiger partial charge in [0.05, 0.1) is 11.4 Å². The number of anilines is 3. The minimum absolute atomic E-state index is 0.137. The van der Waals surface area contributed by atoms with Crippen LogP contribution in [0.2, 0.25) is 0 Å². The lowest BCUT2D eigenvalue weighted by Gasteiger charge is -2.49. The number of fused-ring (bicyclic) bond motifs is 14. The van der Waals surface area contributed by atoms with Crippen LogP contribution in [0.5, 0.6) is 46.0 Å². The van der Waals surface area contributed by atoms with Crippen molar-refractivity contribution in [1.29, 1.82) is 0 Å². The van der Waals surface area contributed by atoms with Crippen LogP contribution in [0.4, 0.5) is 17.1 Å². The number of para-hydroxylation sites is 2. The number of phenolic OH excluding ortho intramolecular Hbond substituents is 2. The standard InChI is InChI=1S/C54H27B2NO7/c58-28-19-32(26-11-3-1-4-12-26)49-38(21-28)55-36-23-34-30-15-7-9-17-40(30)60-51(34)53-46(36)57-47-37(24-35-31-16-8-10-18-41(31)61-52(35)54(47)64-53)56-39-22-29(59)20-33(27-13-5-2-6-14-27)50(39)63-43-25-42(62-49)44(55)48(57)45(43)56/h1-25,58-59H. The Morgan fingerprint density at radius 1 is 0.391 bits per heavy atom. The predicted molar refractivity (Wildman–Crippen MR) is 252 cm³/mol. The molecule has 16 rings (SSSR count). The first-order valence-corrected chi connectivity index (χ1v) is 21.4. The Morgan fingerprint density at radius 2 is 0.844 bits per heavy atom. The van der Waals surface area contributed by atoms with E-state index in [4.69, 9.17) is 23.0 Å². The molecule has 9 aromatic carbocycles. The predicted octanol–water partition coefficient (Wildman–Crippen LogP) is 9.68. The molecule has 0 amide bonds. The number of furan rings is 2. The molecule has 11 aromatic rings. The summed E-state index contributed by atoms with van der Waals surface area (Å²) in [6, 6.07) is 50.1. The van der Waals surface area contributed by atoms with Gasteiger partial charge in [-0.05, 0) is 80.3 Å². The highest BCUT2D eigenvalue weighted by atomic mass is 16.5. The van der Waals surface area contributed by atoms with Crippen molar-refractivity contribution in [2.75, 3.05) is 4.90 Å². The summed E-state index contributed by atoms with van der Waals surface area (Å²) in [5.41, 5.74) is 14.3. The number of hydrogen-bond acceptors (Lipinski definition) is 8. The van der Waals surface area contributed by atoms with E-state index in [0.717, 1.165) is 105 Å². The second-order valence-corrected chi connectivity index (χ2v) is 17.3. The van der Waals surface area contributed by atoms with E-state index in [0.29, 0.717) is 45.7 Å². The Hall–Kier alpha value is -8.49. The second kappa shape index (κ2) is 11.3. The Morgan fingerprint density at radius 3 is 1.33 bits per heavy atom. The maximum Gasteiger partial charge on any atom is 0.256 e. The van der Waals surface area contributed by atoms with Crippen molar-refractivity contribution in [3.8, 4) is 68.2 Å². The van der Waals surface area contributed by atoms with Crippen LogP contribution in [-0.4, -0.2) is 23.6 Å². The average molecular weight is 823 g/mol. The SMILES string of the molecule is Oc1cc2c(c(-c3ccccc3)c1)Oc1cc3c4c5c1B2c1cc2c(oc6ccccc62)c2c1N5c1c(cc5c(oc6ccccc65)c1O2)B4c1cc(O)cc(-c2ccccc2)c1O3.